The van der Waals surface area contributed by atoms with Crippen LogP contribution in [0.3, 0.4) is 0 Å². The highest BCUT2D eigenvalue weighted by atomic mass is 16.4. The molecule has 5 heteroatoms. The summed E-state index contributed by atoms with van der Waals surface area (Å²) in [6, 6.07) is 3.86. The molecule has 5 nitrogen and oxygen atoms in total. The SMILES string of the molecule is Cc1ccn2c(CCC(=O)O)nnc2c1. The molecule has 0 amide bonds. The third kappa shape index (κ3) is 1.96. The summed E-state index contributed by atoms with van der Waals surface area (Å²) in [5, 5.41) is 16.5. The van der Waals surface area contributed by atoms with Crippen LogP contribution in [0, 0.1) is 6.92 Å². The molecule has 0 bridgehead atoms. The third-order valence-corrected chi connectivity index (χ3v) is 2.20. The molecule has 2 aromatic heterocycles. The zero-order valence-corrected chi connectivity index (χ0v) is 8.34. The van der Waals surface area contributed by atoms with Gasteiger partial charge in [0.2, 0.25) is 0 Å². The molecular weight excluding hydrogens is 194 g/mol. The van der Waals surface area contributed by atoms with E-state index < -0.39 is 5.97 Å². The number of hydrogen-bond acceptors (Lipinski definition) is 3. The smallest absolute Gasteiger partial charge is 0.303 e. The first-order chi connectivity index (χ1) is 7.16. The molecule has 0 radical (unpaired) electrons. The molecule has 0 fully saturated rings. The molecule has 0 aliphatic heterocycles. The van der Waals surface area contributed by atoms with E-state index in [0.717, 1.165) is 11.2 Å². The van der Waals surface area contributed by atoms with Gasteiger partial charge >= 0.3 is 5.97 Å². The van der Waals surface area contributed by atoms with Crippen molar-refractivity contribution in [3.05, 3.63) is 29.7 Å². The minimum absolute atomic E-state index is 0.0780. The maximum atomic E-state index is 10.4. The molecule has 0 atom stereocenters. The fourth-order valence-corrected chi connectivity index (χ4v) is 1.43. The number of carboxylic acid groups (broad SMARTS) is 1. The summed E-state index contributed by atoms with van der Waals surface area (Å²) in [7, 11) is 0. The lowest BCUT2D eigenvalue weighted by atomic mass is 10.3. The quantitative estimate of drug-likeness (QED) is 0.813. The van der Waals surface area contributed by atoms with Crippen molar-refractivity contribution in [1.82, 2.24) is 14.6 Å². The van der Waals surface area contributed by atoms with Gasteiger partial charge in [-0.2, -0.15) is 0 Å². The van der Waals surface area contributed by atoms with Crippen LogP contribution < -0.4 is 0 Å². The predicted octanol–water partition coefficient (Wildman–Crippen LogP) is 1.05. The number of fused-ring (bicyclic) bond motifs is 1. The summed E-state index contributed by atoms with van der Waals surface area (Å²) in [5.41, 5.74) is 1.87. The van der Waals surface area contributed by atoms with Gasteiger partial charge in [0, 0.05) is 12.6 Å². The number of carboxylic acids is 1. The van der Waals surface area contributed by atoms with E-state index in [9.17, 15) is 4.79 Å². The van der Waals surface area contributed by atoms with Gasteiger partial charge in [-0.1, -0.05) is 0 Å². The van der Waals surface area contributed by atoms with E-state index in [1.165, 1.54) is 0 Å². The Hall–Kier alpha value is -1.91. The highest BCUT2D eigenvalue weighted by Crippen LogP contribution is 2.07. The minimum Gasteiger partial charge on any atom is -0.481 e. The van der Waals surface area contributed by atoms with Crippen LogP contribution in [-0.2, 0) is 11.2 Å². The molecule has 0 aliphatic carbocycles. The van der Waals surface area contributed by atoms with Crippen LogP contribution in [0.4, 0.5) is 0 Å². The van der Waals surface area contributed by atoms with Crippen molar-refractivity contribution in [1.29, 1.82) is 0 Å². The zero-order chi connectivity index (χ0) is 10.8. The number of aliphatic carboxylic acids is 1. The maximum Gasteiger partial charge on any atom is 0.303 e. The molecule has 78 valence electrons. The number of pyridine rings is 1. The topological polar surface area (TPSA) is 67.5 Å². The molecule has 0 spiro atoms. The van der Waals surface area contributed by atoms with Crippen molar-refractivity contribution in [3.8, 4) is 0 Å². The second kappa shape index (κ2) is 3.68. The second-order valence-corrected chi connectivity index (χ2v) is 3.44. The first kappa shape index (κ1) is 9.64. The van der Waals surface area contributed by atoms with E-state index >= 15 is 0 Å². The first-order valence-electron chi connectivity index (χ1n) is 4.69. The van der Waals surface area contributed by atoms with Gasteiger partial charge in [0.25, 0.3) is 0 Å². The normalized spacial score (nSPS) is 10.7. The Balaban J connectivity index is 2.32. The van der Waals surface area contributed by atoms with Crippen LogP contribution in [0.2, 0.25) is 0 Å². The number of rotatable bonds is 3. The van der Waals surface area contributed by atoms with Crippen LogP contribution >= 0.6 is 0 Å². The van der Waals surface area contributed by atoms with Crippen molar-refractivity contribution in [3.63, 3.8) is 0 Å². The number of aromatic nitrogens is 3. The van der Waals surface area contributed by atoms with Crippen LogP contribution in [0.25, 0.3) is 5.65 Å². The average Bonchev–Trinajstić information content (AvgIpc) is 2.57. The Morgan fingerprint density at radius 1 is 1.53 bits per heavy atom. The Bertz CT molecular complexity index is 504. The molecule has 1 N–H and O–H groups in total. The van der Waals surface area contributed by atoms with E-state index in [1.807, 2.05) is 29.7 Å². The summed E-state index contributed by atoms with van der Waals surface area (Å²) in [6.07, 6.45) is 2.34. The second-order valence-electron chi connectivity index (χ2n) is 3.44. The molecule has 15 heavy (non-hydrogen) atoms. The lowest BCUT2D eigenvalue weighted by Crippen LogP contribution is -2.01. The Kier molecular flexibility index (Phi) is 2.37. The molecule has 0 saturated carbocycles. The standard InChI is InChI=1S/C10H11N3O2/c1-7-4-5-13-8(2-3-10(14)15)11-12-9(13)6-7/h4-6H,2-3H2,1H3,(H,14,15). The van der Waals surface area contributed by atoms with Gasteiger partial charge in [0.15, 0.2) is 5.65 Å². The summed E-state index contributed by atoms with van der Waals surface area (Å²) in [6.45, 7) is 1.98. The Morgan fingerprint density at radius 2 is 2.33 bits per heavy atom. The zero-order valence-electron chi connectivity index (χ0n) is 8.34. The van der Waals surface area contributed by atoms with Crippen molar-refractivity contribution in [2.75, 3.05) is 0 Å². The molecule has 0 saturated heterocycles. The first-order valence-corrected chi connectivity index (χ1v) is 4.69. The molecule has 2 rings (SSSR count). The molecular formula is C10H11N3O2. The summed E-state index contributed by atoms with van der Waals surface area (Å²) in [4.78, 5) is 10.4. The van der Waals surface area contributed by atoms with E-state index in [-0.39, 0.29) is 6.42 Å². The lowest BCUT2D eigenvalue weighted by Gasteiger charge is -1.98. The van der Waals surface area contributed by atoms with Crippen LogP contribution in [0.1, 0.15) is 17.8 Å². The van der Waals surface area contributed by atoms with Gasteiger partial charge in [-0.15, -0.1) is 10.2 Å². The summed E-state index contributed by atoms with van der Waals surface area (Å²) >= 11 is 0. The molecule has 0 aromatic carbocycles. The van der Waals surface area contributed by atoms with E-state index in [0.29, 0.717) is 12.2 Å². The largest absolute Gasteiger partial charge is 0.481 e. The third-order valence-electron chi connectivity index (χ3n) is 2.20. The Labute approximate surface area is 86.4 Å². The van der Waals surface area contributed by atoms with Crippen molar-refractivity contribution < 1.29 is 9.90 Å². The van der Waals surface area contributed by atoms with Gasteiger partial charge in [0.1, 0.15) is 5.82 Å². The number of nitrogens with zero attached hydrogens (tertiary/aromatic N) is 3. The van der Waals surface area contributed by atoms with Gasteiger partial charge in [-0.25, -0.2) is 0 Å². The number of hydrogen-bond donors (Lipinski definition) is 1. The minimum atomic E-state index is -0.820. The van der Waals surface area contributed by atoms with Crippen molar-refractivity contribution in [2.45, 2.75) is 19.8 Å². The Morgan fingerprint density at radius 3 is 3.07 bits per heavy atom. The average molecular weight is 205 g/mol. The monoisotopic (exact) mass is 205 g/mol. The molecule has 0 unspecified atom stereocenters. The van der Waals surface area contributed by atoms with E-state index in [2.05, 4.69) is 10.2 Å². The van der Waals surface area contributed by atoms with E-state index in [4.69, 9.17) is 5.11 Å². The van der Waals surface area contributed by atoms with Crippen LogP contribution in [0.5, 0.6) is 0 Å². The lowest BCUT2D eigenvalue weighted by molar-refractivity contribution is -0.137. The summed E-state index contributed by atoms with van der Waals surface area (Å²) < 4.78 is 1.82. The highest BCUT2D eigenvalue weighted by molar-refractivity contribution is 5.66. The van der Waals surface area contributed by atoms with Crippen molar-refractivity contribution in [2.24, 2.45) is 0 Å². The van der Waals surface area contributed by atoms with Gasteiger partial charge in [-0.05, 0) is 24.6 Å². The highest BCUT2D eigenvalue weighted by Gasteiger charge is 2.06. The predicted molar refractivity (Wildman–Crippen MR) is 53.7 cm³/mol. The summed E-state index contributed by atoms with van der Waals surface area (Å²) in [5.74, 6) is -0.133. The molecule has 2 aromatic rings. The van der Waals surface area contributed by atoms with Crippen molar-refractivity contribution >= 4 is 11.6 Å². The van der Waals surface area contributed by atoms with Crippen LogP contribution in [-0.4, -0.2) is 25.7 Å². The number of aryl methyl sites for hydroxylation is 2. The van der Waals surface area contributed by atoms with E-state index in [1.54, 1.807) is 0 Å². The van der Waals surface area contributed by atoms with Gasteiger partial charge in [0.05, 0.1) is 6.42 Å². The fourth-order valence-electron chi connectivity index (χ4n) is 1.43. The maximum absolute atomic E-state index is 10.4. The van der Waals surface area contributed by atoms with Gasteiger partial charge in [-0.3, -0.25) is 9.20 Å². The fraction of sp³-hybridized carbons (Fsp3) is 0.300. The number of carbonyl (C=O) groups is 1. The molecule has 2 heterocycles. The van der Waals surface area contributed by atoms with Gasteiger partial charge < -0.3 is 5.11 Å². The van der Waals surface area contributed by atoms with Crippen LogP contribution in [0.15, 0.2) is 18.3 Å². The molecule has 0 aliphatic rings.